The van der Waals surface area contributed by atoms with Crippen molar-refractivity contribution in [3.8, 4) is 5.75 Å². The number of para-hydroxylation sites is 1. The fraction of sp³-hybridized carbons (Fsp3) is 0.273. The Morgan fingerprint density at radius 3 is 2.84 bits per heavy atom. The predicted molar refractivity (Wildman–Crippen MR) is 64.5 cm³/mol. The van der Waals surface area contributed by atoms with Crippen molar-refractivity contribution < 1.29 is 17.7 Å². The quantitative estimate of drug-likeness (QED) is 0.839. The van der Waals surface area contributed by atoms with Gasteiger partial charge in [-0.3, -0.25) is 4.21 Å². The van der Waals surface area contributed by atoms with E-state index in [-0.39, 0.29) is 17.5 Å². The molecule has 19 heavy (non-hydrogen) atoms. The lowest BCUT2D eigenvalue weighted by molar-refractivity contribution is -0.0505. The van der Waals surface area contributed by atoms with Crippen LogP contribution in [0.15, 0.2) is 35.7 Å². The minimum atomic E-state index is -2.89. The third-order valence-corrected chi connectivity index (χ3v) is 3.20. The molecule has 5 nitrogen and oxygen atoms in total. The summed E-state index contributed by atoms with van der Waals surface area (Å²) >= 11 is 0. The SMILES string of the molecule is C[S@](=O)c1nncn1Cc1ccccc1OC(F)F. The van der Waals surface area contributed by atoms with Crippen LogP contribution >= 0.6 is 0 Å². The van der Waals surface area contributed by atoms with E-state index in [0.29, 0.717) is 5.56 Å². The Morgan fingerprint density at radius 1 is 1.42 bits per heavy atom. The summed E-state index contributed by atoms with van der Waals surface area (Å²) in [5, 5.41) is 7.67. The van der Waals surface area contributed by atoms with E-state index in [9.17, 15) is 13.0 Å². The molecule has 0 spiro atoms. The Labute approximate surface area is 110 Å². The molecular formula is C11H11F2N3O2S. The van der Waals surface area contributed by atoms with E-state index in [1.165, 1.54) is 23.2 Å². The number of benzene rings is 1. The van der Waals surface area contributed by atoms with Crippen molar-refractivity contribution >= 4 is 10.8 Å². The van der Waals surface area contributed by atoms with E-state index >= 15 is 0 Å². The highest BCUT2D eigenvalue weighted by Gasteiger charge is 2.13. The molecule has 0 saturated heterocycles. The molecule has 0 aliphatic carbocycles. The lowest BCUT2D eigenvalue weighted by Gasteiger charge is -2.11. The number of alkyl halides is 2. The number of rotatable bonds is 5. The van der Waals surface area contributed by atoms with Crippen molar-refractivity contribution in [2.45, 2.75) is 18.3 Å². The zero-order valence-corrected chi connectivity index (χ0v) is 10.8. The molecule has 1 aromatic carbocycles. The van der Waals surface area contributed by atoms with Crippen molar-refractivity contribution in [2.24, 2.45) is 0 Å². The molecule has 1 atom stereocenters. The molecule has 1 aromatic heterocycles. The van der Waals surface area contributed by atoms with E-state index in [4.69, 9.17) is 0 Å². The van der Waals surface area contributed by atoms with E-state index in [1.807, 2.05) is 0 Å². The minimum absolute atomic E-state index is 0.0824. The maximum absolute atomic E-state index is 12.3. The van der Waals surface area contributed by atoms with Gasteiger partial charge in [-0.1, -0.05) is 18.2 Å². The molecule has 8 heteroatoms. The summed E-state index contributed by atoms with van der Waals surface area (Å²) in [6.07, 6.45) is 2.87. The summed E-state index contributed by atoms with van der Waals surface area (Å²) in [6.45, 7) is -2.67. The number of nitrogens with zero attached hydrogens (tertiary/aromatic N) is 3. The van der Waals surface area contributed by atoms with Crippen LogP contribution in [-0.4, -0.2) is 31.8 Å². The van der Waals surface area contributed by atoms with Gasteiger partial charge in [0.2, 0.25) is 5.16 Å². The van der Waals surface area contributed by atoms with Crippen LogP contribution in [0.2, 0.25) is 0 Å². The summed E-state index contributed by atoms with van der Waals surface area (Å²) in [5.74, 6) is 0.0824. The van der Waals surface area contributed by atoms with Crippen LogP contribution in [0.25, 0.3) is 0 Å². The van der Waals surface area contributed by atoms with Gasteiger partial charge in [-0.15, -0.1) is 10.2 Å². The predicted octanol–water partition coefficient (Wildman–Crippen LogP) is 1.67. The van der Waals surface area contributed by atoms with Gasteiger partial charge in [0.25, 0.3) is 0 Å². The van der Waals surface area contributed by atoms with Crippen LogP contribution in [0.1, 0.15) is 5.56 Å². The van der Waals surface area contributed by atoms with Gasteiger partial charge in [-0.25, -0.2) is 0 Å². The number of hydrogen-bond donors (Lipinski definition) is 0. The highest BCUT2D eigenvalue weighted by Crippen LogP contribution is 2.21. The Kier molecular flexibility index (Phi) is 4.20. The molecule has 0 aliphatic rings. The van der Waals surface area contributed by atoms with Crippen molar-refractivity contribution in [2.75, 3.05) is 6.26 Å². The molecule has 0 aliphatic heterocycles. The Bertz CT molecular complexity index is 589. The van der Waals surface area contributed by atoms with E-state index < -0.39 is 17.4 Å². The molecular weight excluding hydrogens is 276 g/mol. The molecule has 0 fully saturated rings. The van der Waals surface area contributed by atoms with Crippen molar-refractivity contribution in [1.82, 2.24) is 14.8 Å². The van der Waals surface area contributed by atoms with Gasteiger partial charge in [0.05, 0.1) is 17.3 Å². The maximum atomic E-state index is 12.3. The molecule has 2 rings (SSSR count). The number of aromatic nitrogens is 3. The van der Waals surface area contributed by atoms with Crippen LogP contribution in [0, 0.1) is 0 Å². The van der Waals surface area contributed by atoms with Crippen LogP contribution in [0.3, 0.4) is 0 Å². The third-order valence-electron chi connectivity index (χ3n) is 2.37. The standard InChI is InChI=1S/C11H11F2N3O2S/c1-19(17)11-15-14-7-16(11)6-8-4-2-3-5-9(8)18-10(12)13/h2-5,7,10H,6H2,1H3/t19-/m0/s1. The van der Waals surface area contributed by atoms with Crippen molar-refractivity contribution in [3.63, 3.8) is 0 Å². The number of halogens is 2. The highest BCUT2D eigenvalue weighted by atomic mass is 32.2. The topological polar surface area (TPSA) is 57.0 Å². The first-order valence-corrected chi connectivity index (χ1v) is 6.87. The molecule has 0 bridgehead atoms. The average molecular weight is 287 g/mol. The van der Waals surface area contributed by atoms with Crippen molar-refractivity contribution in [1.29, 1.82) is 0 Å². The van der Waals surface area contributed by atoms with Gasteiger partial charge in [0.1, 0.15) is 12.1 Å². The monoisotopic (exact) mass is 287 g/mol. The van der Waals surface area contributed by atoms with Crippen LogP contribution < -0.4 is 4.74 Å². The second kappa shape index (κ2) is 5.87. The van der Waals surface area contributed by atoms with E-state index in [1.54, 1.807) is 18.2 Å². The van der Waals surface area contributed by atoms with Gasteiger partial charge < -0.3 is 9.30 Å². The molecule has 1 heterocycles. The molecule has 0 amide bonds. The Hall–Kier alpha value is -1.83. The lowest BCUT2D eigenvalue weighted by Crippen LogP contribution is -2.09. The molecule has 0 saturated carbocycles. The zero-order valence-electron chi connectivity index (χ0n) is 9.99. The Balaban J connectivity index is 2.28. The zero-order chi connectivity index (χ0) is 13.8. The summed E-state index contributed by atoms with van der Waals surface area (Å²) < 4.78 is 41.9. The maximum Gasteiger partial charge on any atom is 0.387 e. The summed E-state index contributed by atoms with van der Waals surface area (Å²) in [5.41, 5.74) is 0.536. The van der Waals surface area contributed by atoms with Crippen LogP contribution in [0.4, 0.5) is 8.78 Å². The summed E-state index contributed by atoms with van der Waals surface area (Å²) in [7, 11) is -1.30. The first-order chi connectivity index (χ1) is 9.08. The molecule has 102 valence electrons. The normalized spacial score (nSPS) is 12.6. The van der Waals surface area contributed by atoms with E-state index in [2.05, 4.69) is 14.9 Å². The summed E-state index contributed by atoms with van der Waals surface area (Å²) in [4.78, 5) is 0. The molecule has 0 unspecified atom stereocenters. The summed E-state index contributed by atoms with van der Waals surface area (Å²) in [6, 6.07) is 6.42. The Morgan fingerprint density at radius 2 is 2.16 bits per heavy atom. The molecule has 0 radical (unpaired) electrons. The number of hydrogen-bond acceptors (Lipinski definition) is 4. The average Bonchev–Trinajstić information content (AvgIpc) is 2.79. The fourth-order valence-corrected chi connectivity index (χ4v) is 2.21. The van der Waals surface area contributed by atoms with E-state index in [0.717, 1.165) is 0 Å². The third kappa shape index (κ3) is 3.34. The van der Waals surface area contributed by atoms with Gasteiger partial charge in [0.15, 0.2) is 0 Å². The first-order valence-electron chi connectivity index (χ1n) is 5.32. The van der Waals surface area contributed by atoms with Crippen LogP contribution in [-0.2, 0) is 17.3 Å². The smallest absolute Gasteiger partial charge is 0.387 e. The number of ether oxygens (including phenoxy) is 1. The van der Waals surface area contributed by atoms with Gasteiger partial charge in [-0.05, 0) is 6.07 Å². The van der Waals surface area contributed by atoms with Gasteiger partial charge >= 0.3 is 6.61 Å². The minimum Gasteiger partial charge on any atom is -0.434 e. The van der Waals surface area contributed by atoms with Crippen molar-refractivity contribution in [3.05, 3.63) is 36.2 Å². The molecule has 0 N–H and O–H groups in total. The fourth-order valence-electron chi connectivity index (χ4n) is 1.60. The lowest BCUT2D eigenvalue weighted by atomic mass is 10.2. The molecule has 2 aromatic rings. The second-order valence-corrected chi connectivity index (χ2v) is 4.96. The van der Waals surface area contributed by atoms with Crippen LogP contribution in [0.5, 0.6) is 5.75 Å². The largest absolute Gasteiger partial charge is 0.434 e. The second-order valence-electron chi connectivity index (χ2n) is 3.68. The van der Waals surface area contributed by atoms with Gasteiger partial charge in [0, 0.05) is 11.8 Å². The first kappa shape index (κ1) is 13.6. The highest BCUT2D eigenvalue weighted by molar-refractivity contribution is 7.84. The van der Waals surface area contributed by atoms with Gasteiger partial charge in [-0.2, -0.15) is 8.78 Å².